The van der Waals surface area contributed by atoms with E-state index in [0.717, 1.165) is 37.7 Å². The largest absolute Gasteiger partial charge is 0.193 e. The van der Waals surface area contributed by atoms with E-state index in [0.29, 0.717) is 0 Å². The highest BCUT2D eigenvalue weighted by atomic mass is 14.3. The van der Waals surface area contributed by atoms with Gasteiger partial charge in [-0.05, 0) is 36.0 Å². The number of nitriles is 1. The molecule has 23 heavy (non-hydrogen) atoms. The van der Waals surface area contributed by atoms with Crippen LogP contribution in [0.15, 0.2) is 65.7 Å². The van der Waals surface area contributed by atoms with Crippen LogP contribution < -0.4 is 0 Å². The second-order valence-corrected chi connectivity index (χ2v) is 5.93. The molecule has 1 nitrogen and oxygen atoms in total. The zero-order valence-electron chi connectivity index (χ0n) is 14.2. The minimum absolute atomic E-state index is 0.895. The van der Waals surface area contributed by atoms with Gasteiger partial charge in [0.1, 0.15) is 0 Å². The lowest BCUT2D eigenvalue weighted by Gasteiger charge is -2.11. The molecule has 0 aliphatic heterocycles. The van der Waals surface area contributed by atoms with Gasteiger partial charge in [0, 0.05) is 5.57 Å². The number of allylic oxidation sites excluding steroid dienone is 2. The van der Waals surface area contributed by atoms with Gasteiger partial charge in [0.2, 0.25) is 0 Å². The van der Waals surface area contributed by atoms with Gasteiger partial charge in [-0.15, -0.1) is 0 Å². The van der Waals surface area contributed by atoms with Gasteiger partial charge in [-0.1, -0.05) is 86.9 Å². The first-order valence-electron chi connectivity index (χ1n) is 8.53. The molecule has 118 valence electrons. The van der Waals surface area contributed by atoms with E-state index in [2.05, 4.69) is 68.4 Å². The molecule has 2 aromatic rings. The summed E-state index contributed by atoms with van der Waals surface area (Å²) < 4.78 is 0. The van der Waals surface area contributed by atoms with Crippen LogP contribution in [-0.2, 0) is 6.42 Å². The van der Waals surface area contributed by atoms with Crippen LogP contribution >= 0.6 is 0 Å². The predicted octanol–water partition coefficient (Wildman–Crippen LogP) is 6.32. The monoisotopic (exact) mass is 303 g/mol. The van der Waals surface area contributed by atoms with E-state index in [4.69, 9.17) is 0 Å². The van der Waals surface area contributed by atoms with Crippen LogP contribution in [0.5, 0.6) is 0 Å². The van der Waals surface area contributed by atoms with E-state index in [1.54, 1.807) is 0 Å². The Hall–Kier alpha value is -2.33. The Morgan fingerprint density at radius 3 is 2.00 bits per heavy atom. The van der Waals surface area contributed by atoms with Gasteiger partial charge < -0.3 is 0 Å². The van der Waals surface area contributed by atoms with Crippen molar-refractivity contribution in [2.45, 2.75) is 46.0 Å². The van der Waals surface area contributed by atoms with E-state index in [9.17, 15) is 5.26 Å². The first-order valence-corrected chi connectivity index (χ1v) is 8.53. The maximum Gasteiger partial charge on any atom is 0.0946 e. The number of benzene rings is 2. The third kappa shape index (κ3) is 4.83. The Morgan fingerprint density at radius 1 is 0.826 bits per heavy atom. The number of hydrogen-bond acceptors (Lipinski definition) is 1. The third-order valence-corrected chi connectivity index (χ3v) is 4.09. The summed E-state index contributed by atoms with van der Waals surface area (Å²) >= 11 is 0. The molecule has 2 rings (SSSR count). The molecule has 0 aromatic heterocycles. The number of hydrogen-bond donors (Lipinski definition) is 0. The third-order valence-electron chi connectivity index (χ3n) is 4.09. The highest BCUT2D eigenvalue weighted by molar-refractivity contribution is 5.63. The average Bonchev–Trinajstić information content (AvgIpc) is 2.61. The van der Waals surface area contributed by atoms with Crippen molar-refractivity contribution in [2.24, 2.45) is 0 Å². The first kappa shape index (κ1) is 17.0. The van der Waals surface area contributed by atoms with E-state index in [1.165, 1.54) is 22.3 Å². The Kier molecular flexibility index (Phi) is 6.63. The van der Waals surface area contributed by atoms with Crippen molar-refractivity contribution in [3.05, 3.63) is 71.3 Å². The molecular formula is C22H25N. The molecule has 0 amide bonds. The summed E-state index contributed by atoms with van der Waals surface area (Å²) in [6, 6.07) is 21.6. The molecule has 0 bridgehead atoms. The molecule has 2 aromatic carbocycles. The van der Waals surface area contributed by atoms with Crippen molar-refractivity contribution in [3.63, 3.8) is 0 Å². The summed E-state index contributed by atoms with van der Waals surface area (Å²) in [6.07, 6.45) is 4.93. The Morgan fingerprint density at radius 2 is 1.43 bits per heavy atom. The van der Waals surface area contributed by atoms with Crippen molar-refractivity contribution < 1.29 is 0 Å². The fourth-order valence-electron chi connectivity index (χ4n) is 2.90. The summed E-state index contributed by atoms with van der Waals surface area (Å²) in [5.74, 6) is 0. The van der Waals surface area contributed by atoms with E-state index < -0.39 is 0 Å². The smallest absolute Gasteiger partial charge is 0.0946 e. The van der Waals surface area contributed by atoms with Gasteiger partial charge in [-0.25, -0.2) is 0 Å². The topological polar surface area (TPSA) is 23.8 Å². The molecule has 0 radical (unpaired) electrons. The van der Waals surface area contributed by atoms with Gasteiger partial charge in [0.25, 0.3) is 0 Å². The van der Waals surface area contributed by atoms with Crippen LogP contribution in [0, 0.1) is 11.3 Å². The van der Waals surface area contributed by atoms with Crippen molar-refractivity contribution in [1.29, 1.82) is 5.26 Å². The minimum Gasteiger partial charge on any atom is -0.193 e. The molecular weight excluding hydrogens is 278 g/mol. The molecule has 1 heteroatoms. The molecule has 0 spiro atoms. The maximum atomic E-state index is 9.42. The van der Waals surface area contributed by atoms with Gasteiger partial charge in [-0.3, -0.25) is 0 Å². The Balaban J connectivity index is 2.20. The van der Waals surface area contributed by atoms with Crippen LogP contribution in [0.4, 0.5) is 0 Å². The minimum atomic E-state index is 0.895. The summed E-state index contributed by atoms with van der Waals surface area (Å²) in [7, 11) is 0. The van der Waals surface area contributed by atoms with Crippen LogP contribution in [0.1, 0.15) is 45.1 Å². The van der Waals surface area contributed by atoms with Gasteiger partial charge in [0.05, 0.1) is 6.07 Å². The lowest BCUT2D eigenvalue weighted by Crippen LogP contribution is -1.96. The fraction of sp³-hybridized carbons (Fsp3) is 0.318. The molecule has 0 saturated carbocycles. The molecule has 0 heterocycles. The molecule has 0 saturated heterocycles. The standard InChI is InChI=1S/C22H25N/c1-3-8-21(22(17-23)9-4-2)16-18-12-14-20(15-13-18)19-10-6-5-7-11-19/h5-7,10-15H,3-4,8-9,16H2,1-2H3/b22-21-. The van der Waals surface area contributed by atoms with E-state index in [-0.39, 0.29) is 0 Å². The Bertz CT molecular complexity index is 672. The summed E-state index contributed by atoms with van der Waals surface area (Å²) in [6.45, 7) is 4.31. The molecule has 0 aliphatic rings. The van der Waals surface area contributed by atoms with E-state index >= 15 is 0 Å². The normalized spacial score (nSPS) is 11.7. The maximum absolute atomic E-state index is 9.42. The van der Waals surface area contributed by atoms with Crippen molar-refractivity contribution in [2.75, 3.05) is 0 Å². The lowest BCUT2D eigenvalue weighted by atomic mass is 9.93. The van der Waals surface area contributed by atoms with Gasteiger partial charge in [-0.2, -0.15) is 5.26 Å². The van der Waals surface area contributed by atoms with E-state index in [1.807, 2.05) is 6.07 Å². The van der Waals surface area contributed by atoms with Crippen LogP contribution in [0.2, 0.25) is 0 Å². The molecule has 0 N–H and O–H groups in total. The van der Waals surface area contributed by atoms with Crippen LogP contribution in [0.25, 0.3) is 11.1 Å². The quantitative estimate of drug-likeness (QED) is 0.549. The molecule has 0 unspecified atom stereocenters. The van der Waals surface area contributed by atoms with Crippen LogP contribution in [0.3, 0.4) is 0 Å². The van der Waals surface area contributed by atoms with Gasteiger partial charge in [0.15, 0.2) is 0 Å². The summed E-state index contributed by atoms with van der Waals surface area (Å²) in [5.41, 5.74) is 6.07. The molecule has 0 fully saturated rings. The highest BCUT2D eigenvalue weighted by Crippen LogP contribution is 2.23. The fourth-order valence-corrected chi connectivity index (χ4v) is 2.90. The second-order valence-electron chi connectivity index (χ2n) is 5.93. The molecule has 0 atom stereocenters. The highest BCUT2D eigenvalue weighted by Gasteiger charge is 2.07. The number of rotatable bonds is 7. The van der Waals surface area contributed by atoms with Crippen molar-refractivity contribution in [3.8, 4) is 17.2 Å². The lowest BCUT2D eigenvalue weighted by molar-refractivity contribution is 0.827. The first-order chi connectivity index (χ1) is 11.3. The van der Waals surface area contributed by atoms with Gasteiger partial charge >= 0.3 is 0 Å². The zero-order valence-corrected chi connectivity index (χ0v) is 14.2. The van der Waals surface area contributed by atoms with Crippen molar-refractivity contribution in [1.82, 2.24) is 0 Å². The summed E-state index contributed by atoms with van der Waals surface area (Å²) in [5, 5.41) is 9.42. The Labute approximate surface area is 140 Å². The second kappa shape index (κ2) is 8.96. The predicted molar refractivity (Wildman–Crippen MR) is 98.0 cm³/mol. The summed E-state index contributed by atoms with van der Waals surface area (Å²) in [4.78, 5) is 0. The zero-order chi connectivity index (χ0) is 16.5. The SMILES string of the molecule is CCC/C(C#N)=C(\CCC)Cc1ccc(-c2ccccc2)cc1. The van der Waals surface area contributed by atoms with Crippen molar-refractivity contribution >= 4 is 0 Å². The van der Waals surface area contributed by atoms with Crippen LogP contribution in [-0.4, -0.2) is 0 Å². The number of nitrogens with zero attached hydrogens (tertiary/aromatic N) is 1. The average molecular weight is 303 g/mol. The molecule has 0 aliphatic carbocycles.